The van der Waals surface area contributed by atoms with Gasteiger partial charge in [0.05, 0.1) is 12.8 Å². The van der Waals surface area contributed by atoms with Gasteiger partial charge in [-0.2, -0.15) is 5.10 Å². The zero-order chi connectivity index (χ0) is 8.55. The highest BCUT2D eigenvalue weighted by Gasteiger charge is 2.19. The zero-order valence-electron chi connectivity index (χ0n) is 6.27. The molecule has 1 unspecified atom stereocenters. The number of rotatable bonds is 1. The Kier molecular flexibility index (Phi) is 1.86. The monoisotopic (exact) mass is 188 g/mol. The van der Waals surface area contributed by atoms with Gasteiger partial charge in [-0.1, -0.05) is 0 Å². The number of aromatic nitrogens is 2. The van der Waals surface area contributed by atoms with Crippen molar-refractivity contribution >= 4 is 11.1 Å². The molecule has 0 saturated heterocycles. The average molecular weight is 188 g/mol. The lowest BCUT2D eigenvalue weighted by atomic mass is 10.4. The molecule has 1 atom stereocenters. The summed E-state index contributed by atoms with van der Waals surface area (Å²) < 4.78 is 26.3. The summed E-state index contributed by atoms with van der Waals surface area (Å²) in [6.07, 6.45) is 2.27. The standard InChI is InChI=1S/C6H8N2O3S/c9-12(10)5-4-7-8-2-1-3-11-6(5)8/h4H,1-3H2,(H,9,10). The molecular formula is C6H8N2O3S. The highest BCUT2D eigenvalue weighted by Crippen LogP contribution is 2.24. The number of nitrogens with zero attached hydrogens (tertiary/aromatic N) is 2. The fourth-order valence-corrected chi connectivity index (χ4v) is 1.62. The Morgan fingerprint density at radius 1 is 1.75 bits per heavy atom. The third-order valence-electron chi connectivity index (χ3n) is 1.70. The van der Waals surface area contributed by atoms with E-state index in [0.29, 0.717) is 12.5 Å². The summed E-state index contributed by atoms with van der Waals surface area (Å²) in [6.45, 7) is 1.35. The number of ether oxygens (including phenoxy) is 1. The van der Waals surface area contributed by atoms with Gasteiger partial charge in [-0.15, -0.1) is 0 Å². The maximum atomic E-state index is 10.7. The van der Waals surface area contributed by atoms with Crippen molar-refractivity contribution in [2.24, 2.45) is 0 Å². The fourth-order valence-electron chi connectivity index (χ4n) is 1.16. The molecule has 0 aliphatic carbocycles. The summed E-state index contributed by atoms with van der Waals surface area (Å²) in [5.41, 5.74) is 0. The first kappa shape index (κ1) is 7.75. The fraction of sp³-hybridized carbons (Fsp3) is 0.500. The van der Waals surface area contributed by atoms with Crippen molar-refractivity contribution in [1.29, 1.82) is 0 Å². The summed E-state index contributed by atoms with van der Waals surface area (Å²) >= 11 is -2.00. The lowest BCUT2D eigenvalue weighted by Crippen LogP contribution is -2.15. The highest BCUT2D eigenvalue weighted by atomic mass is 32.2. The third kappa shape index (κ3) is 1.12. The van der Waals surface area contributed by atoms with Crippen molar-refractivity contribution in [2.75, 3.05) is 6.61 Å². The largest absolute Gasteiger partial charge is 0.477 e. The minimum atomic E-state index is -2.00. The van der Waals surface area contributed by atoms with Crippen molar-refractivity contribution in [3.63, 3.8) is 0 Å². The van der Waals surface area contributed by atoms with E-state index in [9.17, 15) is 4.21 Å². The van der Waals surface area contributed by atoms with Crippen LogP contribution < -0.4 is 4.74 Å². The summed E-state index contributed by atoms with van der Waals surface area (Å²) in [7, 11) is 0. The first-order valence-electron chi connectivity index (χ1n) is 3.58. The van der Waals surface area contributed by atoms with Gasteiger partial charge in [0.1, 0.15) is 4.90 Å². The van der Waals surface area contributed by atoms with Crippen LogP contribution in [0.2, 0.25) is 0 Å². The molecule has 0 saturated carbocycles. The van der Waals surface area contributed by atoms with Crippen LogP contribution in [-0.4, -0.2) is 25.1 Å². The second-order valence-electron chi connectivity index (χ2n) is 2.49. The Morgan fingerprint density at radius 2 is 2.58 bits per heavy atom. The predicted molar refractivity (Wildman–Crippen MR) is 41.4 cm³/mol. The number of aryl methyl sites for hydroxylation is 1. The Bertz CT molecular complexity index is 323. The van der Waals surface area contributed by atoms with Gasteiger partial charge in [-0.05, 0) is 0 Å². The van der Waals surface area contributed by atoms with Crippen LogP contribution in [0.5, 0.6) is 5.88 Å². The lowest BCUT2D eigenvalue weighted by molar-refractivity contribution is 0.224. The molecule has 1 aromatic rings. The zero-order valence-corrected chi connectivity index (χ0v) is 7.08. The van der Waals surface area contributed by atoms with Crippen molar-refractivity contribution < 1.29 is 13.5 Å². The molecule has 0 spiro atoms. The van der Waals surface area contributed by atoms with Crippen molar-refractivity contribution in [1.82, 2.24) is 9.78 Å². The van der Waals surface area contributed by atoms with Gasteiger partial charge in [0, 0.05) is 13.0 Å². The van der Waals surface area contributed by atoms with E-state index in [0.717, 1.165) is 13.0 Å². The van der Waals surface area contributed by atoms with E-state index in [4.69, 9.17) is 9.29 Å². The molecule has 1 aliphatic heterocycles. The van der Waals surface area contributed by atoms with Crippen LogP contribution >= 0.6 is 0 Å². The van der Waals surface area contributed by atoms with Crippen molar-refractivity contribution in [3.05, 3.63) is 6.20 Å². The van der Waals surface area contributed by atoms with Crippen LogP contribution in [-0.2, 0) is 17.6 Å². The molecule has 1 aliphatic rings. The van der Waals surface area contributed by atoms with Crippen LogP contribution in [0.1, 0.15) is 6.42 Å². The van der Waals surface area contributed by atoms with Gasteiger partial charge >= 0.3 is 0 Å². The number of fused-ring (bicyclic) bond motifs is 1. The Hall–Kier alpha value is -0.880. The molecule has 0 amide bonds. The van der Waals surface area contributed by atoms with Crippen LogP contribution in [0.25, 0.3) is 0 Å². The number of hydrogen-bond donors (Lipinski definition) is 1. The predicted octanol–water partition coefficient (Wildman–Crippen LogP) is 0.246. The average Bonchev–Trinajstić information content (AvgIpc) is 2.47. The van der Waals surface area contributed by atoms with Crippen LogP contribution in [0.4, 0.5) is 0 Å². The normalized spacial score (nSPS) is 18.1. The Balaban J connectivity index is 2.44. The van der Waals surface area contributed by atoms with E-state index < -0.39 is 11.1 Å². The quantitative estimate of drug-likeness (QED) is 0.641. The van der Waals surface area contributed by atoms with E-state index in [1.54, 1.807) is 4.68 Å². The first-order valence-corrected chi connectivity index (χ1v) is 4.69. The van der Waals surface area contributed by atoms with Crippen LogP contribution in [0.3, 0.4) is 0 Å². The van der Waals surface area contributed by atoms with Gasteiger partial charge in [-0.25, -0.2) is 8.89 Å². The molecule has 0 fully saturated rings. The molecule has 5 nitrogen and oxygen atoms in total. The molecule has 66 valence electrons. The Morgan fingerprint density at radius 3 is 3.33 bits per heavy atom. The number of hydrogen-bond acceptors (Lipinski definition) is 3. The Labute approximate surface area is 71.6 Å². The molecule has 0 aromatic carbocycles. The first-order chi connectivity index (χ1) is 5.79. The molecule has 0 radical (unpaired) electrons. The van der Waals surface area contributed by atoms with Crippen molar-refractivity contribution in [2.45, 2.75) is 17.9 Å². The molecule has 1 N–H and O–H groups in total. The van der Waals surface area contributed by atoms with Gasteiger partial charge in [0.2, 0.25) is 5.88 Å². The van der Waals surface area contributed by atoms with E-state index in [-0.39, 0.29) is 4.90 Å². The van der Waals surface area contributed by atoms with Gasteiger partial charge in [0.25, 0.3) is 0 Å². The smallest absolute Gasteiger partial charge is 0.230 e. The summed E-state index contributed by atoms with van der Waals surface area (Å²) in [5, 5.41) is 3.92. The molecule has 1 aromatic heterocycles. The maximum Gasteiger partial charge on any atom is 0.230 e. The van der Waals surface area contributed by atoms with Gasteiger partial charge < -0.3 is 9.29 Å². The second kappa shape index (κ2) is 2.87. The minimum absolute atomic E-state index is 0.259. The summed E-state index contributed by atoms with van der Waals surface area (Å²) in [6, 6.07) is 0. The SMILES string of the molecule is O=S(O)c1cnn2c1OCCC2. The van der Waals surface area contributed by atoms with E-state index in [2.05, 4.69) is 5.10 Å². The molecule has 0 bridgehead atoms. The van der Waals surface area contributed by atoms with E-state index in [1.165, 1.54) is 6.20 Å². The van der Waals surface area contributed by atoms with E-state index >= 15 is 0 Å². The van der Waals surface area contributed by atoms with Crippen LogP contribution in [0, 0.1) is 0 Å². The summed E-state index contributed by atoms with van der Waals surface area (Å²) in [5.74, 6) is 0.432. The van der Waals surface area contributed by atoms with E-state index in [1.807, 2.05) is 0 Å². The van der Waals surface area contributed by atoms with Crippen LogP contribution in [0.15, 0.2) is 11.1 Å². The second-order valence-corrected chi connectivity index (χ2v) is 3.43. The third-order valence-corrected chi connectivity index (χ3v) is 2.36. The lowest BCUT2D eigenvalue weighted by Gasteiger charge is -2.14. The minimum Gasteiger partial charge on any atom is -0.477 e. The topological polar surface area (TPSA) is 64.3 Å². The molecular weight excluding hydrogens is 180 g/mol. The summed E-state index contributed by atoms with van der Waals surface area (Å²) in [4.78, 5) is 0.259. The maximum absolute atomic E-state index is 10.7. The molecule has 6 heteroatoms. The molecule has 2 rings (SSSR count). The van der Waals surface area contributed by atoms with Gasteiger partial charge in [0.15, 0.2) is 11.1 Å². The van der Waals surface area contributed by atoms with Gasteiger partial charge in [-0.3, -0.25) is 0 Å². The van der Waals surface area contributed by atoms with Crippen molar-refractivity contribution in [3.8, 4) is 5.88 Å². The molecule has 12 heavy (non-hydrogen) atoms. The molecule has 2 heterocycles. The highest BCUT2D eigenvalue weighted by molar-refractivity contribution is 7.79.